The first-order valence-corrected chi connectivity index (χ1v) is 7.38. The van der Waals surface area contributed by atoms with Gasteiger partial charge in [-0.25, -0.2) is 9.18 Å². The van der Waals surface area contributed by atoms with Gasteiger partial charge < -0.3 is 4.74 Å². The van der Waals surface area contributed by atoms with Gasteiger partial charge in [0.1, 0.15) is 10.7 Å². The van der Waals surface area contributed by atoms with E-state index in [0.29, 0.717) is 23.1 Å². The van der Waals surface area contributed by atoms with Gasteiger partial charge in [0.15, 0.2) is 11.9 Å². The monoisotopic (exact) mass is 292 g/mol. The first-order chi connectivity index (χ1) is 9.63. The molecule has 0 unspecified atom stereocenters. The maximum absolute atomic E-state index is 13.1. The van der Waals surface area contributed by atoms with Crippen molar-refractivity contribution in [3.8, 4) is 0 Å². The highest BCUT2D eigenvalue weighted by atomic mass is 32.1. The molecular weight excluding hydrogens is 279 g/mol. The standard InChI is InChI=1S/C15H13FO3S/c16-10-5-6-13-9(7-10)8-14(20-13)15(18)19-12-4-2-1-3-11(12)17/h5-8,12H,1-4H2/t12-/m0/s1. The third-order valence-electron chi connectivity index (χ3n) is 3.43. The fourth-order valence-corrected chi connectivity index (χ4v) is 3.30. The SMILES string of the molecule is O=C(O[C@H]1CCCCC1=O)c1cc2cc(F)ccc2s1. The zero-order chi connectivity index (χ0) is 14.1. The van der Waals surface area contributed by atoms with Gasteiger partial charge in [0.25, 0.3) is 0 Å². The molecule has 5 heteroatoms. The topological polar surface area (TPSA) is 43.4 Å². The predicted molar refractivity (Wildman–Crippen MR) is 74.5 cm³/mol. The number of carbonyl (C=O) groups is 2. The Morgan fingerprint density at radius 3 is 2.95 bits per heavy atom. The van der Waals surface area contributed by atoms with Crippen molar-refractivity contribution in [1.82, 2.24) is 0 Å². The van der Waals surface area contributed by atoms with Crippen molar-refractivity contribution in [2.24, 2.45) is 0 Å². The third-order valence-corrected chi connectivity index (χ3v) is 4.52. The number of benzene rings is 1. The summed E-state index contributed by atoms with van der Waals surface area (Å²) in [6.45, 7) is 0. The van der Waals surface area contributed by atoms with Gasteiger partial charge in [-0.3, -0.25) is 4.79 Å². The zero-order valence-corrected chi connectivity index (χ0v) is 11.5. The Morgan fingerprint density at radius 2 is 2.15 bits per heavy atom. The molecule has 3 nitrogen and oxygen atoms in total. The molecule has 2 aromatic rings. The smallest absolute Gasteiger partial charge is 0.349 e. The van der Waals surface area contributed by atoms with Crippen molar-refractivity contribution in [2.45, 2.75) is 31.8 Å². The molecule has 1 aromatic heterocycles. The minimum atomic E-state index is -0.613. The fourth-order valence-electron chi connectivity index (χ4n) is 2.38. The summed E-state index contributed by atoms with van der Waals surface area (Å²) in [6.07, 6.45) is 2.24. The maximum Gasteiger partial charge on any atom is 0.349 e. The molecule has 20 heavy (non-hydrogen) atoms. The molecular formula is C15H13FO3S. The number of carbonyl (C=O) groups excluding carboxylic acids is 2. The fraction of sp³-hybridized carbons (Fsp3) is 0.333. The van der Waals surface area contributed by atoms with Gasteiger partial charge >= 0.3 is 5.97 Å². The zero-order valence-electron chi connectivity index (χ0n) is 10.7. The van der Waals surface area contributed by atoms with Crippen molar-refractivity contribution in [2.75, 3.05) is 0 Å². The lowest BCUT2D eigenvalue weighted by Crippen LogP contribution is -2.29. The second-order valence-corrected chi connectivity index (χ2v) is 5.98. The summed E-state index contributed by atoms with van der Waals surface area (Å²) < 4.78 is 19.2. The van der Waals surface area contributed by atoms with Crippen molar-refractivity contribution in [3.05, 3.63) is 35.0 Å². The molecule has 0 spiro atoms. The second-order valence-electron chi connectivity index (χ2n) is 4.90. The molecule has 0 amide bonds. The van der Waals surface area contributed by atoms with E-state index in [-0.39, 0.29) is 11.6 Å². The molecule has 3 rings (SSSR count). The van der Waals surface area contributed by atoms with Gasteiger partial charge in [-0.05, 0) is 48.9 Å². The van der Waals surface area contributed by atoms with Crippen LogP contribution in [-0.4, -0.2) is 17.9 Å². The Hall–Kier alpha value is -1.75. The number of halogens is 1. The summed E-state index contributed by atoms with van der Waals surface area (Å²) in [7, 11) is 0. The van der Waals surface area contributed by atoms with E-state index in [4.69, 9.17) is 4.74 Å². The Kier molecular flexibility index (Phi) is 3.53. The third kappa shape index (κ3) is 2.58. The summed E-state index contributed by atoms with van der Waals surface area (Å²) in [4.78, 5) is 24.1. The summed E-state index contributed by atoms with van der Waals surface area (Å²) in [5.41, 5.74) is 0. The minimum Gasteiger partial charge on any atom is -0.450 e. The van der Waals surface area contributed by atoms with Gasteiger partial charge in [0, 0.05) is 11.1 Å². The van der Waals surface area contributed by atoms with E-state index in [1.54, 1.807) is 12.1 Å². The molecule has 104 valence electrons. The summed E-state index contributed by atoms with van der Waals surface area (Å²) in [6, 6.07) is 5.99. The Bertz CT molecular complexity index is 677. The molecule has 1 atom stereocenters. The number of fused-ring (bicyclic) bond motifs is 1. The van der Waals surface area contributed by atoms with E-state index in [1.165, 1.54) is 23.5 Å². The van der Waals surface area contributed by atoms with Crippen LogP contribution >= 0.6 is 11.3 Å². The van der Waals surface area contributed by atoms with Crippen LogP contribution < -0.4 is 0 Å². The molecule has 1 saturated carbocycles. The van der Waals surface area contributed by atoms with E-state index in [2.05, 4.69) is 0 Å². The van der Waals surface area contributed by atoms with Gasteiger partial charge in [-0.15, -0.1) is 11.3 Å². The molecule has 1 aliphatic carbocycles. The van der Waals surface area contributed by atoms with Crippen LogP contribution in [0.4, 0.5) is 4.39 Å². The summed E-state index contributed by atoms with van der Waals surface area (Å²) >= 11 is 1.25. The van der Waals surface area contributed by atoms with Crippen molar-refractivity contribution in [1.29, 1.82) is 0 Å². The average molecular weight is 292 g/mol. The number of rotatable bonds is 2. The van der Waals surface area contributed by atoms with E-state index in [9.17, 15) is 14.0 Å². The van der Waals surface area contributed by atoms with Crippen molar-refractivity contribution in [3.63, 3.8) is 0 Å². The quantitative estimate of drug-likeness (QED) is 0.792. The Morgan fingerprint density at radius 1 is 1.30 bits per heavy atom. The lowest BCUT2D eigenvalue weighted by Gasteiger charge is -2.20. The van der Waals surface area contributed by atoms with E-state index >= 15 is 0 Å². The van der Waals surface area contributed by atoms with Gasteiger partial charge in [0.05, 0.1) is 0 Å². The minimum absolute atomic E-state index is 0.00300. The van der Waals surface area contributed by atoms with Crippen molar-refractivity contribution >= 4 is 33.2 Å². The Balaban J connectivity index is 1.79. The van der Waals surface area contributed by atoms with Crippen LogP contribution in [0.15, 0.2) is 24.3 Å². The molecule has 1 aliphatic rings. The van der Waals surface area contributed by atoms with Crippen LogP contribution in [0.2, 0.25) is 0 Å². The normalized spacial score (nSPS) is 19.2. The van der Waals surface area contributed by atoms with Gasteiger partial charge in [-0.2, -0.15) is 0 Å². The molecule has 0 bridgehead atoms. The number of hydrogen-bond donors (Lipinski definition) is 0. The maximum atomic E-state index is 13.1. The van der Waals surface area contributed by atoms with Crippen LogP contribution in [0.25, 0.3) is 10.1 Å². The van der Waals surface area contributed by atoms with Gasteiger partial charge in [0.2, 0.25) is 0 Å². The van der Waals surface area contributed by atoms with Crippen LogP contribution in [0, 0.1) is 5.82 Å². The van der Waals surface area contributed by atoms with Crippen LogP contribution in [0.1, 0.15) is 35.4 Å². The molecule has 0 N–H and O–H groups in total. The highest BCUT2D eigenvalue weighted by molar-refractivity contribution is 7.20. The molecule has 1 heterocycles. The first kappa shape index (κ1) is 13.2. The van der Waals surface area contributed by atoms with E-state index in [1.807, 2.05) is 0 Å². The number of ether oxygens (including phenoxy) is 1. The van der Waals surface area contributed by atoms with Crippen LogP contribution in [-0.2, 0) is 9.53 Å². The number of Topliss-reactive ketones (excluding diaryl/α,β-unsaturated/α-hetero) is 1. The number of ketones is 1. The molecule has 0 aliphatic heterocycles. The lowest BCUT2D eigenvalue weighted by atomic mass is 9.96. The first-order valence-electron chi connectivity index (χ1n) is 6.56. The number of esters is 1. The molecule has 1 fully saturated rings. The van der Waals surface area contributed by atoms with Crippen molar-refractivity contribution < 1.29 is 18.7 Å². The second kappa shape index (κ2) is 5.32. The van der Waals surface area contributed by atoms with Crippen LogP contribution in [0.3, 0.4) is 0 Å². The summed E-state index contributed by atoms with van der Waals surface area (Å²) in [5.74, 6) is -0.832. The van der Waals surface area contributed by atoms with Gasteiger partial charge in [-0.1, -0.05) is 0 Å². The largest absolute Gasteiger partial charge is 0.450 e. The predicted octanol–water partition coefficient (Wildman–Crippen LogP) is 3.71. The van der Waals surface area contributed by atoms with E-state index in [0.717, 1.165) is 17.5 Å². The summed E-state index contributed by atoms with van der Waals surface area (Å²) in [5, 5.41) is 0.678. The number of thiophene rings is 1. The highest BCUT2D eigenvalue weighted by Gasteiger charge is 2.26. The average Bonchev–Trinajstić information content (AvgIpc) is 2.84. The highest BCUT2D eigenvalue weighted by Crippen LogP contribution is 2.28. The van der Waals surface area contributed by atoms with Crippen LogP contribution in [0.5, 0.6) is 0 Å². The molecule has 0 radical (unpaired) electrons. The number of hydrogen-bond acceptors (Lipinski definition) is 4. The lowest BCUT2D eigenvalue weighted by molar-refractivity contribution is -0.129. The Labute approximate surface area is 119 Å². The molecule has 0 saturated heterocycles. The molecule has 1 aromatic carbocycles. The van der Waals surface area contributed by atoms with E-state index < -0.39 is 12.1 Å².